The van der Waals surface area contributed by atoms with Gasteiger partial charge in [-0.15, -0.1) is 19.2 Å². The Labute approximate surface area is 218 Å². The van der Waals surface area contributed by atoms with Crippen LogP contribution in [-0.2, 0) is 32.7 Å². The van der Waals surface area contributed by atoms with Gasteiger partial charge in [0.05, 0.1) is 5.52 Å². The number of hydrogen-bond donors (Lipinski definition) is 0. The predicted molar refractivity (Wildman–Crippen MR) is 134 cm³/mol. The smallest absolute Gasteiger partial charge is 0.216 e. The first-order chi connectivity index (χ1) is 14.6. The van der Waals surface area contributed by atoms with E-state index in [9.17, 15) is 10.1 Å². The molecule has 6 nitrogen and oxygen atoms in total. The molecule has 7 heteroatoms. The Hall–Kier alpha value is -2.02. The van der Waals surface area contributed by atoms with Crippen molar-refractivity contribution in [3.05, 3.63) is 88.7 Å². The molecule has 1 radical (unpaired) electrons. The van der Waals surface area contributed by atoms with Gasteiger partial charge in [0.15, 0.2) is 0 Å². The van der Waals surface area contributed by atoms with E-state index in [4.69, 9.17) is 0 Å². The fourth-order valence-corrected chi connectivity index (χ4v) is 2.88. The molecule has 0 spiro atoms. The molecule has 1 aliphatic heterocycles. The summed E-state index contributed by atoms with van der Waals surface area (Å²) in [6.07, 6.45) is 1.84. The second-order valence-electron chi connectivity index (χ2n) is 5.93. The molecule has 173 valence electrons. The molecular weight excluding hydrogens is 477 g/mol. The number of aromatic nitrogens is 1. The summed E-state index contributed by atoms with van der Waals surface area (Å²) in [6, 6.07) is 16.7. The maximum atomic E-state index is 10.1. The van der Waals surface area contributed by atoms with E-state index in [0.717, 1.165) is 31.7 Å². The van der Waals surface area contributed by atoms with Crippen LogP contribution >= 0.6 is 0 Å². The maximum absolute atomic E-state index is 10.1. The number of non-ortho nitro benzene ring substituents is 1. The molecule has 4 rings (SSSR count). The Bertz CT molecular complexity index is 895. The minimum Gasteiger partial charge on any atom is -0.659 e. The first-order valence-corrected chi connectivity index (χ1v) is 10.4. The molecule has 1 aliphatic rings. The van der Waals surface area contributed by atoms with Gasteiger partial charge in [-0.05, 0) is 43.4 Å². The number of nitro benzene ring substituents is 1. The molecule has 2 aromatic carbocycles. The van der Waals surface area contributed by atoms with Crippen LogP contribution in [0.3, 0.4) is 0 Å². The molecule has 0 saturated carbocycles. The van der Waals surface area contributed by atoms with Crippen LogP contribution in [0, 0.1) is 17.0 Å². The van der Waals surface area contributed by atoms with E-state index < -0.39 is 4.92 Å². The van der Waals surface area contributed by atoms with Gasteiger partial charge in [-0.3, -0.25) is 15.1 Å². The first kappa shape index (κ1) is 32.2. The summed E-state index contributed by atoms with van der Waals surface area (Å²) < 4.78 is 0. The minimum absolute atomic E-state index is 0. The molecule has 1 saturated heterocycles. The van der Waals surface area contributed by atoms with E-state index in [-0.39, 0.29) is 45.8 Å². The number of rotatable bonds is 2. The Morgan fingerprint density at radius 1 is 1.00 bits per heavy atom. The van der Waals surface area contributed by atoms with Gasteiger partial charge in [0, 0.05) is 54.9 Å². The minimum atomic E-state index is -0.436. The fourth-order valence-electron chi connectivity index (χ4n) is 2.88. The number of benzene rings is 2. The zero-order chi connectivity index (χ0) is 22.4. The van der Waals surface area contributed by atoms with Crippen molar-refractivity contribution in [2.45, 2.75) is 35.1 Å². The second kappa shape index (κ2) is 18.5. The Morgan fingerprint density at radius 2 is 1.62 bits per heavy atom. The molecule has 0 N–H and O–H groups in total. The van der Waals surface area contributed by atoms with Gasteiger partial charge in [0.2, 0.25) is 5.69 Å². The summed E-state index contributed by atoms with van der Waals surface area (Å²) in [4.78, 5) is 16.5. The predicted octanol–water partition coefficient (Wildman–Crippen LogP) is 6.89. The maximum Gasteiger partial charge on any atom is 0.216 e. The second-order valence-corrected chi connectivity index (χ2v) is 5.93. The van der Waals surface area contributed by atoms with Crippen LogP contribution in [0.5, 0.6) is 0 Å². The topological polar surface area (TPSA) is 73.4 Å². The number of nitro groups is 1. The van der Waals surface area contributed by atoms with E-state index in [0.29, 0.717) is 5.56 Å². The number of nitrogens with zero attached hydrogens (tertiary/aromatic N) is 4. The molecule has 0 amide bonds. The monoisotopic (exact) mass is 513 g/mol. The van der Waals surface area contributed by atoms with Gasteiger partial charge in [0.1, 0.15) is 0 Å². The Kier molecular flexibility index (Phi) is 18.6. The number of fused-ring (bicyclic) bond motifs is 1. The van der Waals surface area contributed by atoms with Crippen molar-refractivity contribution >= 4 is 22.3 Å². The van der Waals surface area contributed by atoms with Gasteiger partial charge in [-0.1, -0.05) is 47.3 Å². The van der Waals surface area contributed by atoms with E-state index >= 15 is 0 Å². The third-order valence-electron chi connectivity index (χ3n) is 4.14. The average Bonchev–Trinajstić information content (AvgIpc) is 2.82. The van der Waals surface area contributed by atoms with Gasteiger partial charge in [-0.25, -0.2) is 0 Å². The van der Waals surface area contributed by atoms with Gasteiger partial charge in [0.25, 0.3) is 0 Å². The quantitative estimate of drug-likeness (QED) is 0.212. The van der Waals surface area contributed by atoms with Crippen LogP contribution in [-0.4, -0.2) is 36.1 Å². The van der Waals surface area contributed by atoms with Gasteiger partial charge < -0.3 is 10.2 Å². The zero-order valence-corrected chi connectivity index (χ0v) is 21.8. The van der Waals surface area contributed by atoms with Crippen LogP contribution < -0.4 is 4.90 Å². The Balaban J connectivity index is 0. The number of piperazine rings is 1. The van der Waals surface area contributed by atoms with Crippen molar-refractivity contribution < 1.29 is 37.6 Å². The molecular formula is C25H36N4O2Y-2. The van der Waals surface area contributed by atoms with Crippen molar-refractivity contribution in [3.63, 3.8) is 0 Å². The fraction of sp³-hybridized carbons (Fsp3) is 0.360. The summed E-state index contributed by atoms with van der Waals surface area (Å²) in [5.41, 5.74) is 3.12. The number of hydrogen-bond acceptors (Lipinski definition) is 4. The molecule has 32 heavy (non-hydrogen) atoms. The molecule has 2 heterocycles. The van der Waals surface area contributed by atoms with Crippen LogP contribution in [0.2, 0.25) is 0 Å². The van der Waals surface area contributed by atoms with Gasteiger partial charge >= 0.3 is 0 Å². The normalized spacial score (nSPS) is 11.6. The molecule has 3 aromatic rings. The van der Waals surface area contributed by atoms with Crippen molar-refractivity contribution in [1.82, 2.24) is 4.98 Å². The third kappa shape index (κ3) is 10.1. The standard InChI is InChI=1S/C13H14N3.C7H6NO2.2C2H6.CH4.Y/c1-4-12-11(3-2-6-15-12)13(5-1)16-9-7-14-8-10-16;1-6-3-2-4-7(5-6)8(9)10;2*1-2;;/h1-6H,7-10H2;2-5H,1H2;2*1-2H3;1H4;/q2*-1;;;;. The number of pyridine rings is 1. The van der Waals surface area contributed by atoms with Crippen LogP contribution in [0.1, 0.15) is 40.7 Å². The van der Waals surface area contributed by atoms with Crippen molar-refractivity contribution in [1.29, 1.82) is 0 Å². The van der Waals surface area contributed by atoms with E-state index in [1.807, 2.05) is 40.0 Å². The zero-order valence-electron chi connectivity index (χ0n) is 19.0. The molecule has 0 bridgehead atoms. The Morgan fingerprint density at radius 3 is 2.19 bits per heavy atom. The largest absolute Gasteiger partial charge is 0.659 e. The van der Waals surface area contributed by atoms with E-state index in [2.05, 4.69) is 46.4 Å². The van der Waals surface area contributed by atoms with E-state index in [1.54, 1.807) is 12.1 Å². The first-order valence-electron chi connectivity index (χ1n) is 10.4. The molecule has 0 atom stereocenters. The number of anilines is 1. The molecule has 1 aromatic heterocycles. The third-order valence-corrected chi connectivity index (χ3v) is 4.14. The van der Waals surface area contributed by atoms with Gasteiger partial charge in [-0.2, -0.15) is 18.6 Å². The van der Waals surface area contributed by atoms with E-state index in [1.165, 1.54) is 23.2 Å². The van der Waals surface area contributed by atoms with Crippen molar-refractivity contribution in [2.75, 3.05) is 31.1 Å². The summed E-state index contributed by atoms with van der Waals surface area (Å²) in [7, 11) is 0. The summed E-state index contributed by atoms with van der Waals surface area (Å²) in [5, 5.41) is 15.7. The molecule has 0 unspecified atom stereocenters. The van der Waals surface area contributed by atoms with Crippen LogP contribution in [0.15, 0.2) is 60.8 Å². The van der Waals surface area contributed by atoms with Crippen LogP contribution in [0.25, 0.3) is 16.2 Å². The summed E-state index contributed by atoms with van der Waals surface area (Å²) >= 11 is 0. The van der Waals surface area contributed by atoms with Crippen LogP contribution in [0.4, 0.5) is 11.4 Å². The average molecular weight is 513 g/mol. The summed E-state index contributed by atoms with van der Waals surface area (Å²) in [5.74, 6) is 0. The van der Waals surface area contributed by atoms with Crippen molar-refractivity contribution in [3.8, 4) is 0 Å². The SMILES string of the molecule is C.CC.CC.[CH2-]c1cccc([N+](=O)[O-])c1.[Y].c1cc(N2CC[N-]CC2)c2cccnc2c1. The molecule has 1 fully saturated rings. The summed E-state index contributed by atoms with van der Waals surface area (Å²) in [6.45, 7) is 15.5. The molecule has 0 aliphatic carbocycles. The van der Waals surface area contributed by atoms with Crippen molar-refractivity contribution in [2.24, 2.45) is 0 Å².